The summed E-state index contributed by atoms with van der Waals surface area (Å²) < 4.78 is 58.5. The standard InChI is InChI=1S/C23H28N4O4S.C2HF3O2/c24-22(28)21-19(16-6-2-1-3-7-16)13-15-27(21)18-11-9-17(10-12-18)23(29)26-32(30,31)20-8-4-5-14-25-20;3-2(4,5)1(6)7/h4-5,8-12,14,16,19,21H,1-3,6-7,13,15H2,(H2,24,28)(H,26,29);(H,6,7)/t19-,21-;/m0./s1. The Bertz CT molecular complexity index is 1270. The van der Waals surface area contributed by atoms with Crippen molar-refractivity contribution in [1.82, 2.24) is 9.71 Å². The fourth-order valence-electron chi connectivity index (χ4n) is 5.07. The van der Waals surface area contributed by atoms with Crippen LogP contribution < -0.4 is 15.4 Å². The SMILES string of the molecule is NC(=O)[C@@H]1[C@H](C2CCCCC2)CCN1c1ccc(C(=O)NS(=O)(=O)c2ccccn2)cc1.O=C(O)C(F)(F)F. The highest BCUT2D eigenvalue weighted by Crippen LogP contribution is 2.40. The molecule has 4 N–H and O–H groups in total. The lowest BCUT2D eigenvalue weighted by molar-refractivity contribution is -0.192. The summed E-state index contributed by atoms with van der Waals surface area (Å²) in [6.45, 7) is 0.731. The zero-order valence-electron chi connectivity index (χ0n) is 20.8. The van der Waals surface area contributed by atoms with Crippen LogP contribution in [0.2, 0.25) is 0 Å². The van der Waals surface area contributed by atoms with Crippen molar-refractivity contribution in [3.8, 4) is 0 Å². The summed E-state index contributed by atoms with van der Waals surface area (Å²) >= 11 is 0. The fraction of sp³-hybridized carbons (Fsp3) is 0.440. The zero-order valence-corrected chi connectivity index (χ0v) is 21.6. The highest BCUT2D eigenvalue weighted by Gasteiger charge is 2.42. The Hall–Kier alpha value is -3.68. The van der Waals surface area contributed by atoms with Crippen LogP contribution in [-0.2, 0) is 19.6 Å². The van der Waals surface area contributed by atoms with Crippen LogP contribution in [0.1, 0.15) is 48.9 Å². The Morgan fingerprint density at radius 2 is 1.62 bits per heavy atom. The monoisotopic (exact) mass is 570 g/mol. The third-order valence-corrected chi connectivity index (χ3v) is 8.08. The van der Waals surface area contributed by atoms with Gasteiger partial charge in [0.25, 0.3) is 15.9 Å². The summed E-state index contributed by atoms with van der Waals surface area (Å²) in [6.07, 6.45) is 3.14. The number of pyridine rings is 1. The minimum absolute atomic E-state index is 0.201. The van der Waals surface area contributed by atoms with Crippen molar-refractivity contribution < 1.29 is 41.1 Å². The summed E-state index contributed by atoms with van der Waals surface area (Å²) in [5.74, 6) is -3.04. The highest BCUT2D eigenvalue weighted by molar-refractivity contribution is 7.90. The third kappa shape index (κ3) is 7.68. The van der Waals surface area contributed by atoms with E-state index in [0.29, 0.717) is 5.92 Å². The number of halogens is 3. The quantitative estimate of drug-likeness (QED) is 0.478. The molecule has 2 aliphatic rings. The number of rotatable bonds is 6. The van der Waals surface area contributed by atoms with E-state index in [9.17, 15) is 31.2 Å². The average Bonchev–Trinajstić information content (AvgIpc) is 3.35. The summed E-state index contributed by atoms with van der Waals surface area (Å²) in [6, 6.07) is 10.7. The van der Waals surface area contributed by atoms with E-state index in [4.69, 9.17) is 15.6 Å². The lowest BCUT2D eigenvalue weighted by Crippen LogP contribution is -2.46. The van der Waals surface area contributed by atoms with Crippen molar-refractivity contribution in [2.75, 3.05) is 11.4 Å². The van der Waals surface area contributed by atoms with E-state index in [1.165, 1.54) is 37.6 Å². The molecule has 1 saturated heterocycles. The van der Waals surface area contributed by atoms with Gasteiger partial charge in [0.15, 0.2) is 5.03 Å². The predicted molar refractivity (Wildman–Crippen MR) is 134 cm³/mol. The molecule has 1 aromatic heterocycles. The molecular formula is C25H29F3N4O6S. The number of benzene rings is 1. The number of alkyl halides is 3. The first-order chi connectivity index (χ1) is 18.3. The molecule has 2 aromatic rings. The number of aromatic nitrogens is 1. The zero-order chi connectivity index (χ0) is 28.8. The molecule has 0 radical (unpaired) electrons. The first kappa shape index (κ1) is 29.9. The minimum Gasteiger partial charge on any atom is -0.475 e. The fourth-order valence-corrected chi connectivity index (χ4v) is 5.99. The topological polar surface area (TPSA) is 160 Å². The van der Waals surface area contributed by atoms with Gasteiger partial charge in [0, 0.05) is 24.0 Å². The number of carbonyl (C=O) groups is 3. The Labute approximate surface area is 223 Å². The van der Waals surface area contributed by atoms with E-state index in [2.05, 4.69) is 4.98 Å². The highest BCUT2D eigenvalue weighted by atomic mass is 32.2. The maximum atomic E-state index is 12.5. The molecule has 0 bridgehead atoms. The lowest BCUT2D eigenvalue weighted by Gasteiger charge is -2.33. The Kier molecular flexibility index (Phi) is 9.54. The van der Waals surface area contributed by atoms with Gasteiger partial charge in [-0.25, -0.2) is 14.5 Å². The van der Waals surface area contributed by atoms with E-state index >= 15 is 0 Å². The number of nitrogens with zero attached hydrogens (tertiary/aromatic N) is 2. The number of aliphatic carboxylic acids is 1. The average molecular weight is 571 g/mol. The van der Waals surface area contributed by atoms with E-state index < -0.39 is 28.1 Å². The van der Waals surface area contributed by atoms with Gasteiger partial charge in [0.05, 0.1) is 0 Å². The van der Waals surface area contributed by atoms with Gasteiger partial charge in [0.2, 0.25) is 5.91 Å². The number of amides is 2. The maximum absolute atomic E-state index is 12.5. The Morgan fingerprint density at radius 1 is 1.00 bits per heavy atom. The van der Waals surface area contributed by atoms with Crippen LogP contribution >= 0.6 is 0 Å². The molecule has 2 atom stereocenters. The largest absolute Gasteiger partial charge is 0.490 e. The predicted octanol–water partition coefficient (Wildman–Crippen LogP) is 3.09. The van der Waals surface area contributed by atoms with Crippen molar-refractivity contribution in [2.24, 2.45) is 17.6 Å². The second kappa shape index (κ2) is 12.5. The molecule has 2 fully saturated rings. The molecule has 4 rings (SSSR count). The first-order valence-electron chi connectivity index (χ1n) is 12.3. The Balaban J connectivity index is 0.000000532. The number of hydrogen-bond donors (Lipinski definition) is 3. The molecule has 39 heavy (non-hydrogen) atoms. The number of primary amides is 1. The van der Waals surface area contributed by atoms with Gasteiger partial charge in [-0.15, -0.1) is 0 Å². The van der Waals surface area contributed by atoms with Gasteiger partial charge in [-0.3, -0.25) is 9.59 Å². The molecule has 0 spiro atoms. The second-order valence-corrected chi connectivity index (χ2v) is 11.0. The van der Waals surface area contributed by atoms with Gasteiger partial charge in [-0.2, -0.15) is 21.6 Å². The lowest BCUT2D eigenvalue weighted by atomic mass is 9.76. The van der Waals surface area contributed by atoms with Crippen molar-refractivity contribution in [1.29, 1.82) is 0 Å². The van der Waals surface area contributed by atoms with E-state index in [-0.39, 0.29) is 28.5 Å². The molecule has 2 heterocycles. The Morgan fingerprint density at radius 3 is 2.13 bits per heavy atom. The van der Waals surface area contributed by atoms with Gasteiger partial charge >= 0.3 is 12.1 Å². The van der Waals surface area contributed by atoms with Crippen molar-refractivity contribution in [3.05, 3.63) is 54.2 Å². The van der Waals surface area contributed by atoms with E-state index in [0.717, 1.165) is 31.5 Å². The summed E-state index contributed by atoms with van der Waals surface area (Å²) in [5.41, 5.74) is 6.81. The number of nitrogens with one attached hydrogen (secondary N) is 1. The number of anilines is 1. The van der Waals surface area contributed by atoms with Crippen LogP contribution in [0, 0.1) is 11.8 Å². The second-order valence-electron chi connectivity index (χ2n) is 9.34. The summed E-state index contributed by atoms with van der Waals surface area (Å²) in [7, 11) is -4.06. The number of carbonyl (C=O) groups excluding carboxylic acids is 2. The number of sulfonamides is 1. The van der Waals surface area contributed by atoms with Gasteiger partial charge < -0.3 is 15.7 Å². The van der Waals surface area contributed by atoms with Gasteiger partial charge in [-0.1, -0.05) is 38.2 Å². The van der Waals surface area contributed by atoms with Gasteiger partial charge in [0.1, 0.15) is 6.04 Å². The maximum Gasteiger partial charge on any atom is 0.490 e. The van der Waals surface area contributed by atoms with Crippen molar-refractivity contribution in [2.45, 2.75) is 55.8 Å². The molecule has 212 valence electrons. The van der Waals surface area contributed by atoms with Crippen molar-refractivity contribution >= 4 is 33.5 Å². The van der Waals surface area contributed by atoms with Crippen LogP contribution in [0.3, 0.4) is 0 Å². The number of carboxylic acid groups (broad SMARTS) is 1. The smallest absolute Gasteiger partial charge is 0.475 e. The van der Waals surface area contributed by atoms with Crippen LogP contribution in [0.15, 0.2) is 53.7 Å². The minimum atomic E-state index is -5.08. The number of carboxylic acids is 1. The first-order valence-corrected chi connectivity index (χ1v) is 13.7. The van der Waals surface area contributed by atoms with Crippen LogP contribution in [0.25, 0.3) is 0 Å². The van der Waals surface area contributed by atoms with Crippen LogP contribution in [-0.4, -0.2) is 55.1 Å². The van der Waals surface area contributed by atoms with Crippen LogP contribution in [0.4, 0.5) is 18.9 Å². The molecule has 1 aromatic carbocycles. The van der Waals surface area contributed by atoms with E-state index in [1.807, 2.05) is 9.62 Å². The summed E-state index contributed by atoms with van der Waals surface area (Å²) in [5, 5.41) is 6.90. The molecular weight excluding hydrogens is 541 g/mol. The van der Waals surface area contributed by atoms with E-state index in [1.54, 1.807) is 30.3 Å². The number of hydrogen-bond acceptors (Lipinski definition) is 7. The molecule has 1 aliphatic heterocycles. The molecule has 2 amide bonds. The molecule has 1 saturated carbocycles. The molecule has 14 heteroatoms. The molecule has 10 nitrogen and oxygen atoms in total. The molecule has 0 unspecified atom stereocenters. The third-order valence-electron chi connectivity index (χ3n) is 6.84. The molecule has 1 aliphatic carbocycles. The number of nitrogens with two attached hydrogens (primary N) is 1. The van der Waals surface area contributed by atoms with Crippen LogP contribution in [0.5, 0.6) is 0 Å². The summed E-state index contributed by atoms with van der Waals surface area (Å²) in [4.78, 5) is 39.5. The normalized spacial score (nSPS) is 20.0. The van der Waals surface area contributed by atoms with Gasteiger partial charge in [-0.05, 0) is 54.7 Å². The van der Waals surface area contributed by atoms with Crippen molar-refractivity contribution in [3.63, 3.8) is 0 Å².